The summed E-state index contributed by atoms with van der Waals surface area (Å²) in [5.74, 6) is -1.32. The van der Waals surface area contributed by atoms with Crippen LogP contribution in [0.25, 0.3) is 11.0 Å². The summed E-state index contributed by atoms with van der Waals surface area (Å²) in [5.41, 5.74) is 2.36. The van der Waals surface area contributed by atoms with E-state index >= 15 is 0 Å². The van der Waals surface area contributed by atoms with Gasteiger partial charge < -0.3 is 14.2 Å². The van der Waals surface area contributed by atoms with E-state index in [4.69, 9.17) is 0 Å². The number of nitrogens with one attached hydrogen (secondary N) is 1. The van der Waals surface area contributed by atoms with Crippen molar-refractivity contribution in [3.05, 3.63) is 52.2 Å². The van der Waals surface area contributed by atoms with Gasteiger partial charge in [0.2, 0.25) is 0 Å². The Morgan fingerprint density at radius 2 is 1.89 bits per heavy atom. The summed E-state index contributed by atoms with van der Waals surface area (Å²) in [6.45, 7) is 6.98. The van der Waals surface area contributed by atoms with Crippen molar-refractivity contribution in [2.24, 2.45) is 7.05 Å². The highest BCUT2D eigenvalue weighted by Crippen LogP contribution is 2.38. The number of hydrogen-bond donors (Lipinski definition) is 1. The number of fused-ring (bicyclic) bond motifs is 1. The quantitative estimate of drug-likeness (QED) is 0.501. The predicted molar refractivity (Wildman–Crippen MR) is 125 cm³/mol. The third-order valence-electron chi connectivity index (χ3n) is 6.97. The molecule has 7 nitrogen and oxygen atoms in total. The molecule has 0 spiro atoms. The molecule has 11 heteroatoms. The molecule has 1 unspecified atom stereocenters. The van der Waals surface area contributed by atoms with Crippen LogP contribution in [0.4, 0.5) is 23.2 Å². The summed E-state index contributed by atoms with van der Waals surface area (Å²) in [4.78, 5) is 17.0. The Hall–Kier alpha value is -3.08. The van der Waals surface area contributed by atoms with Crippen molar-refractivity contribution in [2.75, 3.05) is 18.0 Å². The van der Waals surface area contributed by atoms with Crippen LogP contribution >= 0.6 is 0 Å². The number of ether oxygens (including phenoxy) is 1. The monoisotopic (exact) mass is 495 g/mol. The number of nitrogens with zero attached hydrogens (tertiary/aromatic N) is 4. The zero-order valence-corrected chi connectivity index (χ0v) is 20.1. The number of aromatic nitrogens is 3. The minimum atomic E-state index is -4.92. The van der Waals surface area contributed by atoms with Crippen molar-refractivity contribution in [2.45, 2.75) is 58.1 Å². The number of pyridine rings is 1. The molecule has 0 aliphatic carbocycles. The molecule has 35 heavy (non-hydrogen) atoms. The number of anilines is 1. The molecule has 2 aromatic heterocycles. The molecule has 190 valence electrons. The smallest absolute Gasteiger partial charge is 0.405 e. The fraction of sp³-hybridized carbons (Fsp3) is 0.500. The lowest BCUT2D eigenvalue weighted by atomic mass is 9.96. The summed E-state index contributed by atoms with van der Waals surface area (Å²) >= 11 is 0. The Morgan fingerprint density at radius 3 is 2.54 bits per heavy atom. The lowest BCUT2D eigenvalue weighted by molar-refractivity contribution is -0.275. The molecule has 1 aliphatic rings. The van der Waals surface area contributed by atoms with Gasteiger partial charge in [0.05, 0.1) is 17.4 Å². The standard InChI is InChI=1S/C24H29F4N5O2/c1-5-16-13-33(19-10-22(34)31(4)20-11-29-30-23(19)20)17(6-2)12-32(16)14(3)18-8-7-15(25)9-21(18)35-24(26,27)28/h7-11,14,16-17H,5-6,12-13H2,1-4H3,(H,29,30)/t14?,16-,17+/m1/s1. The molecule has 1 N–H and O–H groups in total. The van der Waals surface area contributed by atoms with Crippen molar-refractivity contribution < 1.29 is 22.3 Å². The Labute approximate surface area is 200 Å². The molecule has 1 aliphatic heterocycles. The first-order valence-electron chi connectivity index (χ1n) is 11.6. The number of benzene rings is 1. The van der Waals surface area contributed by atoms with E-state index in [9.17, 15) is 22.4 Å². The average molecular weight is 496 g/mol. The molecule has 0 amide bonds. The van der Waals surface area contributed by atoms with Gasteiger partial charge in [0.15, 0.2) is 0 Å². The number of hydrogen-bond acceptors (Lipinski definition) is 5. The molecule has 3 aromatic rings. The average Bonchev–Trinajstić information content (AvgIpc) is 3.29. The summed E-state index contributed by atoms with van der Waals surface area (Å²) in [6.07, 6.45) is -1.83. The predicted octanol–water partition coefficient (Wildman–Crippen LogP) is 4.74. The largest absolute Gasteiger partial charge is 0.573 e. The molecular formula is C24H29F4N5O2. The second-order valence-corrected chi connectivity index (χ2v) is 8.94. The van der Waals surface area contributed by atoms with Gasteiger partial charge in [-0.05, 0) is 25.8 Å². The van der Waals surface area contributed by atoms with Crippen LogP contribution in [0.2, 0.25) is 0 Å². The Balaban J connectivity index is 1.70. The molecule has 0 bridgehead atoms. The first-order valence-corrected chi connectivity index (χ1v) is 11.6. The van der Waals surface area contributed by atoms with Gasteiger partial charge in [0.25, 0.3) is 5.56 Å². The topological polar surface area (TPSA) is 66.4 Å². The van der Waals surface area contributed by atoms with Crippen LogP contribution in [-0.2, 0) is 7.05 Å². The fourth-order valence-corrected chi connectivity index (χ4v) is 5.05. The highest BCUT2D eigenvalue weighted by molar-refractivity contribution is 5.88. The Bertz CT molecular complexity index is 1250. The van der Waals surface area contributed by atoms with E-state index in [0.29, 0.717) is 18.6 Å². The van der Waals surface area contributed by atoms with Crippen molar-refractivity contribution >= 4 is 16.7 Å². The highest BCUT2D eigenvalue weighted by Gasteiger charge is 2.38. The second-order valence-electron chi connectivity index (χ2n) is 8.94. The zero-order valence-electron chi connectivity index (χ0n) is 20.1. The lowest BCUT2D eigenvalue weighted by Gasteiger charge is -2.49. The molecule has 1 aromatic carbocycles. The number of piperazine rings is 1. The Morgan fingerprint density at radius 1 is 1.17 bits per heavy atom. The number of H-pyrrole nitrogens is 1. The van der Waals surface area contributed by atoms with Gasteiger partial charge in [-0.15, -0.1) is 13.2 Å². The van der Waals surface area contributed by atoms with Gasteiger partial charge >= 0.3 is 6.36 Å². The third-order valence-corrected chi connectivity index (χ3v) is 6.97. The number of rotatable bonds is 6. The maximum absolute atomic E-state index is 13.8. The van der Waals surface area contributed by atoms with E-state index in [2.05, 4.69) is 24.7 Å². The van der Waals surface area contributed by atoms with E-state index < -0.39 is 24.0 Å². The maximum Gasteiger partial charge on any atom is 0.573 e. The summed E-state index contributed by atoms with van der Waals surface area (Å²) in [7, 11) is 1.69. The van der Waals surface area contributed by atoms with Crippen LogP contribution in [0.15, 0.2) is 35.3 Å². The molecule has 4 rings (SSSR count). The van der Waals surface area contributed by atoms with Crippen molar-refractivity contribution in [3.8, 4) is 5.75 Å². The minimum Gasteiger partial charge on any atom is -0.405 e. The number of aryl methyl sites for hydroxylation is 1. The summed E-state index contributed by atoms with van der Waals surface area (Å²) in [6, 6.07) is 4.40. The molecular weight excluding hydrogens is 466 g/mol. The third kappa shape index (κ3) is 4.86. The van der Waals surface area contributed by atoms with E-state index in [1.165, 1.54) is 10.6 Å². The molecule has 3 heterocycles. The van der Waals surface area contributed by atoms with Crippen LogP contribution in [0.3, 0.4) is 0 Å². The van der Waals surface area contributed by atoms with Crippen molar-refractivity contribution in [1.29, 1.82) is 0 Å². The van der Waals surface area contributed by atoms with Crippen LogP contribution in [0.5, 0.6) is 5.75 Å². The maximum atomic E-state index is 13.8. The SMILES string of the molecule is CC[C@H]1CN(C(C)c2ccc(F)cc2OC(F)(F)F)[C@H](CC)CN1c1cc(=O)n(C)c2cn[nH]c12. The van der Waals surface area contributed by atoms with Crippen LogP contribution in [0, 0.1) is 5.82 Å². The molecule has 1 saturated heterocycles. The van der Waals surface area contributed by atoms with Crippen molar-refractivity contribution in [1.82, 2.24) is 19.7 Å². The van der Waals surface area contributed by atoms with Crippen LogP contribution in [-0.4, -0.2) is 51.2 Å². The van der Waals surface area contributed by atoms with Gasteiger partial charge in [-0.3, -0.25) is 14.8 Å². The first-order chi connectivity index (χ1) is 16.5. The van der Waals surface area contributed by atoms with Crippen LogP contribution < -0.4 is 15.2 Å². The van der Waals surface area contributed by atoms with Gasteiger partial charge in [-0.1, -0.05) is 19.9 Å². The van der Waals surface area contributed by atoms with Gasteiger partial charge in [0.1, 0.15) is 17.1 Å². The number of alkyl halides is 3. The van der Waals surface area contributed by atoms with Crippen molar-refractivity contribution in [3.63, 3.8) is 0 Å². The van der Waals surface area contributed by atoms with Gasteiger partial charge in [0, 0.05) is 56.0 Å². The zero-order chi connectivity index (χ0) is 25.5. The van der Waals surface area contributed by atoms with E-state index in [0.717, 1.165) is 36.2 Å². The summed E-state index contributed by atoms with van der Waals surface area (Å²) < 4.78 is 58.6. The van der Waals surface area contributed by atoms with Gasteiger partial charge in [-0.2, -0.15) is 5.10 Å². The van der Waals surface area contributed by atoms with E-state index in [1.54, 1.807) is 19.3 Å². The molecule has 0 radical (unpaired) electrons. The Kier molecular flexibility index (Phi) is 6.81. The highest BCUT2D eigenvalue weighted by atomic mass is 19.4. The lowest BCUT2D eigenvalue weighted by Crippen LogP contribution is -2.58. The van der Waals surface area contributed by atoms with E-state index in [1.807, 2.05) is 20.8 Å². The molecule has 0 saturated carbocycles. The first kappa shape index (κ1) is 25.0. The molecule has 1 fully saturated rings. The summed E-state index contributed by atoms with van der Waals surface area (Å²) in [5, 5.41) is 7.12. The number of halogens is 4. The van der Waals surface area contributed by atoms with Crippen LogP contribution in [0.1, 0.15) is 45.2 Å². The normalized spacial score (nSPS) is 20.4. The minimum absolute atomic E-state index is 0.00807. The molecule has 3 atom stereocenters. The van der Waals surface area contributed by atoms with Gasteiger partial charge in [-0.25, -0.2) is 4.39 Å². The van der Waals surface area contributed by atoms with E-state index in [-0.39, 0.29) is 23.2 Å². The number of aromatic amines is 1. The second kappa shape index (κ2) is 9.52. The fourth-order valence-electron chi connectivity index (χ4n) is 5.05.